The molecule has 0 fully saturated rings. The van der Waals surface area contributed by atoms with Crippen LogP contribution >= 0.6 is 0 Å². The molecule has 0 unspecified atom stereocenters. The molecule has 0 saturated heterocycles. The first-order valence-corrected chi connectivity index (χ1v) is 12.7. The van der Waals surface area contributed by atoms with E-state index in [1.54, 1.807) is 6.92 Å². The third-order valence-corrected chi connectivity index (χ3v) is 6.22. The second kappa shape index (κ2) is 11.3. The van der Waals surface area contributed by atoms with Gasteiger partial charge in [0.15, 0.2) is 0 Å². The van der Waals surface area contributed by atoms with E-state index in [1.807, 2.05) is 45.0 Å². The molecule has 2 amide bonds. The maximum atomic E-state index is 14.4. The van der Waals surface area contributed by atoms with Gasteiger partial charge in [-0.05, 0) is 44.9 Å². The molecule has 0 aromatic heterocycles. The van der Waals surface area contributed by atoms with E-state index >= 15 is 0 Å². The van der Waals surface area contributed by atoms with E-state index in [-0.39, 0.29) is 24.2 Å². The molecule has 0 aliphatic rings. The minimum atomic E-state index is -3.97. The summed E-state index contributed by atoms with van der Waals surface area (Å²) in [6.07, 6.45) is 1.24. The number of halogens is 1. The number of para-hydroxylation sites is 1. The Balaban J connectivity index is 2.44. The first-order chi connectivity index (χ1) is 15.4. The summed E-state index contributed by atoms with van der Waals surface area (Å²) in [5.74, 6) is -1.69. The number of sulfonamides is 1. The number of hydrogen-bond donors (Lipinski definition) is 1. The van der Waals surface area contributed by atoms with Gasteiger partial charge in [-0.25, -0.2) is 12.8 Å². The van der Waals surface area contributed by atoms with Crippen molar-refractivity contribution in [3.05, 3.63) is 65.5 Å². The SMILES string of the molecule is CC[C@@H](C(=O)NC(C)C)N(Cc1ccc(C)cc1)C(=O)CN(c1ccccc1F)S(C)(=O)=O. The number of benzene rings is 2. The van der Waals surface area contributed by atoms with Crippen molar-refractivity contribution in [1.29, 1.82) is 0 Å². The fraction of sp³-hybridized carbons (Fsp3) is 0.417. The highest BCUT2D eigenvalue weighted by Crippen LogP contribution is 2.22. The molecule has 0 aliphatic heterocycles. The molecule has 9 heteroatoms. The molecular formula is C24H32FN3O4S. The Morgan fingerprint density at radius 2 is 1.67 bits per heavy atom. The lowest BCUT2D eigenvalue weighted by Gasteiger charge is -2.33. The van der Waals surface area contributed by atoms with E-state index in [2.05, 4.69) is 5.32 Å². The van der Waals surface area contributed by atoms with Gasteiger partial charge in [0, 0.05) is 12.6 Å². The summed E-state index contributed by atoms with van der Waals surface area (Å²) in [6.45, 7) is 6.84. The smallest absolute Gasteiger partial charge is 0.244 e. The molecule has 0 spiro atoms. The molecule has 7 nitrogen and oxygen atoms in total. The van der Waals surface area contributed by atoms with Crippen molar-refractivity contribution >= 4 is 27.5 Å². The highest BCUT2D eigenvalue weighted by Gasteiger charge is 2.32. The average Bonchev–Trinajstić information content (AvgIpc) is 2.72. The molecule has 33 heavy (non-hydrogen) atoms. The molecule has 2 aromatic rings. The lowest BCUT2D eigenvalue weighted by atomic mass is 10.1. The number of carbonyl (C=O) groups is 2. The maximum Gasteiger partial charge on any atom is 0.244 e. The number of nitrogens with one attached hydrogen (secondary N) is 1. The lowest BCUT2D eigenvalue weighted by Crippen LogP contribution is -2.53. The third kappa shape index (κ3) is 7.28. The number of hydrogen-bond acceptors (Lipinski definition) is 4. The first-order valence-electron chi connectivity index (χ1n) is 10.8. The molecule has 0 aliphatic carbocycles. The second-order valence-corrected chi connectivity index (χ2v) is 10.2. The summed E-state index contributed by atoms with van der Waals surface area (Å²) in [5.41, 5.74) is 1.62. The number of rotatable bonds is 10. The Kier molecular flexibility index (Phi) is 8.99. The molecule has 1 atom stereocenters. The van der Waals surface area contributed by atoms with Gasteiger partial charge in [0.25, 0.3) is 0 Å². The number of amides is 2. The normalized spacial score (nSPS) is 12.3. The first kappa shape index (κ1) is 26.3. The maximum absolute atomic E-state index is 14.4. The van der Waals surface area contributed by atoms with Crippen LogP contribution in [0.15, 0.2) is 48.5 Å². The largest absolute Gasteiger partial charge is 0.352 e. The summed E-state index contributed by atoms with van der Waals surface area (Å²) in [7, 11) is -3.97. The molecule has 2 aromatic carbocycles. The van der Waals surface area contributed by atoms with Gasteiger partial charge in [-0.2, -0.15) is 0 Å². The van der Waals surface area contributed by atoms with Crippen LogP contribution in [0.3, 0.4) is 0 Å². The summed E-state index contributed by atoms with van der Waals surface area (Å²) in [4.78, 5) is 27.7. The second-order valence-electron chi connectivity index (χ2n) is 8.32. The van der Waals surface area contributed by atoms with Crippen molar-refractivity contribution in [2.45, 2.75) is 52.7 Å². The van der Waals surface area contributed by atoms with Crippen LogP contribution in [-0.2, 0) is 26.2 Å². The molecule has 0 bridgehead atoms. The van der Waals surface area contributed by atoms with Gasteiger partial charge < -0.3 is 10.2 Å². The minimum absolute atomic E-state index is 0.109. The van der Waals surface area contributed by atoms with Gasteiger partial charge in [0.2, 0.25) is 21.8 Å². The molecule has 2 rings (SSSR count). The summed E-state index contributed by atoms with van der Waals surface area (Å²) >= 11 is 0. The van der Waals surface area contributed by atoms with Crippen molar-refractivity contribution in [3.8, 4) is 0 Å². The van der Waals surface area contributed by atoms with Gasteiger partial charge in [-0.15, -0.1) is 0 Å². The van der Waals surface area contributed by atoms with Crippen molar-refractivity contribution in [2.75, 3.05) is 17.1 Å². The molecule has 0 heterocycles. The van der Waals surface area contributed by atoms with E-state index in [4.69, 9.17) is 0 Å². The number of nitrogens with zero attached hydrogens (tertiary/aromatic N) is 2. The monoisotopic (exact) mass is 477 g/mol. The molecule has 1 N–H and O–H groups in total. The van der Waals surface area contributed by atoms with Crippen molar-refractivity contribution in [3.63, 3.8) is 0 Å². The quantitative estimate of drug-likeness (QED) is 0.569. The van der Waals surface area contributed by atoms with Gasteiger partial charge in [0.05, 0.1) is 11.9 Å². The number of aryl methyl sites for hydroxylation is 1. The van der Waals surface area contributed by atoms with Gasteiger partial charge in [-0.1, -0.05) is 48.9 Å². The molecular weight excluding hydrogens is 445 g/mol. The summed E-state index contributed by atoms with van der Waals surface area (Å²) in [6, 6.07) is 11.9. The van der Waals surface area contributed by atoms with Gasteiger partial charge in [0.1, 0.15) is 18.4 Å². The van der Waals surface area contributed by atoms with Crippen LogP contribution in [0.2, 0.25) is 0 Å². The van der Waals surface area contributed by atoms with E-state index in [0.29, 0.717) is 6.42 Å². The van der Waals surface area contributed by atoms with Crippen molar-refractivity contribution < 1.29 is 22.4 Å². The average molecular weight is 478 g/mol. The summed E-state index contributed by atoms with van der Waals surface area (Å²) in [5, 5.41) is 2.82. The zero-order chi connectivity index (χ0) is 24.8. The van der Waals surface area contributed by atoms with Crippen LogP contribution in [0.4, 0.5) is 10.1 Å². The fourth-order valence-electron chi connectivity index (χ4n) is 3.44. The van der Waals surface area contributed by atoms with Gasteiger partial charge >= 0.3 is 0 Å². The minimum Gasteiger partial charge on any atom is -0.352 e. The van der Waals surface area contributed by atoms with E-state index in [0.717, 1.165) is 27.8 Å². The van der Waals surface area contributed by atoms with Crippen LogP contribution in [0.1, 0.15) is 38.3 Å². The van der Waals surface area contributed by atoms with E-state index < -0.39 is 34.3 Å². The van der Waals surface area contributed by atoms with Crippen LogP contribution in [0.25, 0.3) is 0 Å². The Morgan fingerprint density at radius 1 is 1.06 bits per heavy atom. The zero-order valence-corrected chi connectivity index (χ0v) is 20.5. The highest BCUT2D eigenvalue weighted by atomic mass is 32.2. The van der Waals surface area contributed by atoms with Crippen molar-refractivity contribution in [1.82, 2.24) is 10.2 Å². The summed E-state index contributed by atoms with van der Waals surface area (Å²) < 4.78 is 40.1. The van der Waals surface area contributed by atoms with Crippen LogP contribution < -0.4 is 9.62 Å². The molecule has 180 valence electrons. The predicted octanol–water partition coefficient (Wildman–Crippen LogP) is 3.23. The Labute approximate surface area is 195 Å². The fourth-order valence-corrected chi connectivity index (χ4v) is 4.29. The number of carbonyl (C=O) groups excluding carboxylic acids is 2. The molecule has 0 saturated carbocycles. The third-order valence-electron chi connectivity index (χ3n) is 5.09. The van der Waals surface area contributed by atoms with Crippen molar-refractivity contribution in [2.24, 2.45) is 0 Å². The number of anilines is 1. The Bertz CT molecular complexity index is 1070. The van der Waals surface area contributed by atoms with Crippen LogP contribution in [0, 0.1) is 12.7 Å². The van der Waals surface area contributed by atoms with E-state index in [1.165, 1.54) is 23.1 Å². The lowest BCUT2D eigenvalue weighted by molar-refractivity contribution is -0.140. The molecule has 0 radical (unpaired) electrons. The Hall–Kier alpha value is -2.94. The van der Waals surface area contributed by atoms with Crippen LogP contribution in [-0.4, -0.2) is 50.0 Å². The zero-order valence-electron chi connectivity index (χ0n) is 19.7. The highest BCUT2D eigenvalue weighted by molar-refractivity contribution is 7.92. The van der Waals surface area contributed by atoms with E-state index in [9.17, 15) is 22.4 Å². The Morgan fingerprint density at radius 3 is 2.18 bits per heavy atom. The topological polar surface area (TPSA) is 86.8 Å². The standard InChI is InChI=1S/C24H32FN3O4S/c1-6-21(24(30)26-17(2)3)27(15-19-13-11-18(4)12-14-19)23(29)16-28(33(5,31)32)22-10-8-7-9-20(22)25/h7-14,17,21H,6,15-16H2,1-5H3,(H,26,30)/t21-/m0/s1. The van der Waals surface area contributed by atoms with Crippen LogP contribution in [0.5, 0.6) is 0 Å². The predicted molar refractivity (Wildman–Crippen MR) is 128 cm³/mol. The van der Waals surface area contributed by atoms with Gasteiger partial charge in [-0.3, -0.25) is 13.9 Å².